The smallest absolute Gasteiger partial charge is 0.284 e. The molecular formula is C95H116F4N18O13. The summed E-state index contributed by atoms with van der Waals surface area (Å²) in [6, 6.07) is 16.6. The third-order valence-corrected chi connectivity index (χ3v) is 26.2. The minimum Gasteiger partial charge on any atom is -0.444 e. The molecule has 31 nitrogen and oxygen atoms in total. The highest BCUT2D eigenvalue weighted by atomic mass is 19.3. The van der Waals surface area contributed by atoms with Gasteiger partial charge in [0.05, 0.1) is 40.7 Å². The highest BCUT2D eigenvalue weighted by Gasteiger charge is 2.45. The van der Waals surface area contributed by atoms with E-state index in [-0.39, 0.29) is 108 Å². The van der Waals surface area contributed by atoms with Gasteiger partial charge in [-0.05, 0) is 196 Å². The maximum absolute atomic E-state index is 14.3. The molecule has 4 atom stereocenters. The van der Waals surface area contributed by atoms with E-state index in [1.807, 2.05) is 48.5 Å². The summed E-state index contributed by atoms with van der Waals surface area (Å²) in [5.74, 6) is -1.16. The lowest BCUT2D eigenvalue weighted by molar-refractivity contribution is -0.137. The van der Waals surface area contributed by atoms with Crippen molar-refractivity contribution in [1.29, 1.82) is 0 Å². The van der Waals surface area contributed by atoms with Gasteiger partial charge in [0.1, 0.15) is 24.6 Å². The number of aliphatic hydroxyl groups excluding tert-OH is 1. The van der Waals surface area contributed by atoms with Crippen LogP contribution in [0, 0.1) is 23.7 Å². The molecule has 4 saturated carbocycles. The van der Waals surface area contributed by atoms with Gasteiger partial charge in [-0.25, -0.2) is 27.5 Å². The number of pyridine rings is 2. The van der Waals surface area contributed by atoms with Gasteiger partial charge in [-0.2, -0.15) is 10.2 Å². The lowest BCUT2D eigenvalue weighted by Gasteiger charge is -2.31. The van der Waals surface area contributed by atoms with Crippen LogP contribution < -0.4 is 31.5 Å². The zero-order chi connectivity index (χ0) is 91.2. The number of nitrogens with one attached hydrogen (secondary N) is 5. The van der Waals surface area contributed by atoms with Crippen molar-refractivity contribution in [3.05, 3.63) is 168 Å². The summed E-state index contributed by atoms with van der Waals surface area (Å²) in [4.78, 5) is 128. The van der Waals surface area contributed by atoms with E-state index in [2.05, 4.69) is 93.8 Å². The van der Waals surface area contributed by atoms with E-state index in [0.717, 1.165) is 159 Å². The van der Waals surface area contributed by atoms with Crippen LogP contribution in [0.4, 0.5) is 40.3 Å². The third-order valence-electron chi connectivity index (χ3n) is 26.2. The predicted molar refractivity (Wildman–Crippen MR) is 477 cm³/mol. The molecule has 6 N–H and O–H groups in total. The van der Waals surface area contributed by atoms with Crippen molar-refractivity contribution in [2.24, 2.45) is 23.7 Å². The van der Waals surface area contributed by atoms with Crippen molar-refractivity contribution in [2.75, 3.05) is 108 Å². The number of aryl methyl sites for hydroxylation is 1. The molecule has 0 bridgehead atoms. The van der Waals surface area contributed by atoms with Gasteiger partial charge in [0.25, 0.3) is 36.5 Å². The lowest BCUT2D eigenvalue weighted by atomic mass is 9.83. The molecule has 0 spiro atoms. The molecule has 35 heteroatoms. The van der Waals surface area contributed by atoms with Crippen LogP contribution in [0.2, 0.25) is 0 Å². The van der Waals surface area contributed by atoms with E-state index in [0.29, 0.717) is 114 Å². The van der Waals surface area contributed by atoms with E-state index < -0.39 is 60.0 Å². The average Bonchev–Trinajstić information content (AvgIpc) is 1.60. The van der Waals surface area contributed by atoms with Crippen LogP contribution >= 0.6 is 0 Å². The van der Waals surface area contributed by atoms with Crippen molar-refractivity contribution in [2.45, 2.75) is 204 Å². The summed E-state index contributed by atoms with van der Waals surface area (Å²) < 4.78 is 83.4. The van der Waals surface area contributed by atoms with Crippen molar-refractivity contribution < 1.29 is 79.3 Å². The van der Waals surface area contributed by atoms with Gasteiger partial charge in [0, 0.05) is 167 Å². The lowest BCUT2D eigenvalue weighted by Crippen LogP contribution is -2.52. The summed E-state index contributed by atoms with van der Waals surface area (Å²) in [6.45, 7) is 15.3. The number of carbonyl (C=O) groups is 8. The zero-order valence-electron chi connectivity index (χ0n) is 73.9. The number of halogens is 4. The number of oxazole rings is 2. The molecule has 2 saturated heterocycles. The van der Waals surface area contributed by atoms with E-state index >= 15 is 0 Å². The van der Waals surface area contributed by atoms with Crippen molar-refractivity contribution in [3.8, 4) is 22.9 Å². The van der Waals surface area contributed by atoms with Crippen LogP contribution in [0.5, 0.6) is 0 Å². The van der Waals surface area contributed by atoms with Crippen LogP contribution in [0.3, 0.4) is 0 Å². The molecule has 8 aromatic rings. The number of piperidine rings is 2. The summed E-state index contributed by atoms with van der Waals surface area (Å²) in [5, 5.41) is 32.9. The quantitative estimate of drug-likeness (QED) is 0.0118. The molecule has 130 heavy (non-hydrogen) atoms. The van der Waals surface area contributed by atoms with Crippen molar-refractivity contribution >= 4 is 81.4 Å². The maximum Gasteiger partial charge on any atom is 0.284 e. The van der Waals surface area contributed by atoms with Crippen LogP contribution in [0.25, 0.3) is 34.3 Å². The van der Waals surface area contributed by atoms with Gasteiger partial charge in [0.2, 0.25) is 35.4 Å². The minimum atomic E-state index is -2.89. The highest BCUT2D eigenvalue weighted by molar-refractivity contribution is 6.17. The molecule has 2 unspecified atom stereocenters. The van der Waals surface area contributed by atoms with E-state index in [1.54, 1.807) is 40.1 Å². The molecule has 2 aromatic carbocycles. The Bertz CT molecular complexity index is 5400. The SMILES string of the molecule is C=C1c2cccc(NCCCOCCCN(C)CC3CCC(n4cc(N(C)C(=O)c5coc(-c6ccnc(CCC7CC7)c6)n5)c(C(F)F)n4)CC3)c2C(=O)N1C1CCC(=O)NC1=O.C=C1c2cccc(NCCCOCCCN(C)CC3CCC(n4cc(NC(=O)c5coc(-c6ccnc(C[C@H]7CCCC[C@@H]7O)c6)n5)c(C(F)F)n4)CC3)c2C(=O)N1C1CCC(=O)NC1=O. The fraction of sp³-hybridized carbons (Fsp3) is 0.516. The number of aliphatic hydroxyl groups is 1. The first-order valence-corrected chi connectivity index (χ1v) is 45.7. The summed E-state index contributed by atoms with van der Waals surface area (Å²) in [7, 11) is 5.66. The summed E-state index contributed by atoms with van der Waals surface area (Å²) >= 11 is 0. The van der Waals surface area contributed by atoms with Crippen LogP contribution in [0.1, 0.15) is 248 Å². The van der Waals surface area contributed by atoms with Crippen molar-refractivity contribution in [3.63, 3.8) is 0 Å². The molecule has 8 aliphatic rings. The van der Waals surface area contributed by atoms with Crippen LogP contribution in [-0.2, 0) is 41.5 Å². The number of benzene rings is 2. The molecule has 6 aromatic heterocycles. The predicted octanol–water partition coefficient (Wildman–Crippen LogP) is 14.3. The normalized spacial score (nSPS) is 21.2. The Morgan fingerprint density at radius 1 is 0.577 bits per heavy atom. The maximum atomic E-state index is 14.3. The van der Waals surface area contributed by atoms with E-state index in [4.69, 9.17) is 18.3 Å². The second-order valence-corrected chi connectivity index (χ2v) is 35.7. The highest BCUT2D eigenvalue weighted by Crippen LogP contribution is 2.44. The fourth-order valence-corrected chi connectivity index (χ4v) is 19.0. The number of nitrogens with zero attached hydrogens (tertiary/aromatic N) is 13. The number of amides is 8. The second-order valence-electron chi connectivity index (χ2n) is 35.7. The van der Waals surface area contributed by atoms with Gasteiger partial charge in [0.15, 0.2) is 22.8 Å². The van der Waals surface area contributed by atoms with Crippen molar-refractivity contribution in [1.82, 2.24) is 69.7 Å². The largest absolute Gasteiger partial charge is 0.444 e. The van der Waals surface area contributed by atoms with Gasteiger partial charge in [-0.1, -0.05) is 63.1 Å². The number of aromatic nitrogens is 8. The number of rotatable bonds is 39. The number of anilines is 4. The number of ether oxygens (including phenoxy) is 2. The van der Waals surface area contributed by atoms with Crippen LogP contribution in [0.15, 0.2) is 120 Å². The minimum absolute atomic E-state index is 0.0211. The van der Waals surface area contributed by atoms with E-state index in [9.17, 15) is 61.0 Å². The molecule has 8 amide bonds. The third kappa shape index (κ3) is 22.7. The summed E-state index contributed by atoms with van der Waals surface area (Å²) in [6.07, 6.45) is 22.7. The van der Waals surface area contributed by atoms with E-state index in [1.165, 1.54) is 53.3 Å². The van der Waals surface area contributed by atoms with Gasteiger partial charge < -0.3 is 54.1 Å². The topological polar surface area (TPSA) is 365 Å². The fourth-order valence-electron chi connectivity index (χ4n) is 19.0. The Hall–Kier alpha value is -11.7. The Morgan fingerprint density at radius 2 is 1.06 bits per heavy atom. The number of hydrogen-bond acceptors (Lipinski definition) is 23. The van der Waals surface area contributed by atoms with Crippen LogP contribution in [-0.4, -0.2) is 216 Å². The monoisotopic (exact) mass is 1790 g/mol. The zero-order valence-corrected chi connectivity index (χ0v) is 73.9. The molecule has 4 aliphatic carbocycles. The van der Waals surface area contributed by atoms with Gasteiger partial charge in [-0.15, -0.1) is 0 Å². The number of hydrogen-bond donors (Lipinski definition) is 6. The molecule has 6 fully saturated rings. The van der Waals surface area contributed by atoms with Gasteiger partial charge in [-0.3, -0.25) is 78.1 Å². The average molecular weight is 1790 g/mol. The van der Waals surface area contributed by atoms with Gasteiger partial charge >= 0.3 is 0 Å². The number of imide groups is 2. The Kier molecular flexibility index (Phi) is 30.7. The molecular weight excluding hydrogens is 1680 g/mol. The number of fused-ring (bicyclic) bond motifs is 2. The molecule has 10 heterocycles. The first-order valence-electron chi connectivity index (χ1n) is 45.7. The Morgan fingerprint density at radius 3 is 1.58 bits per heavy atom. The molecule has 692 valence electrons. The molecule has 0 radical (unpaired) electrons. The Labute approximate surface area is 752 Å². The molecule has 16 rings (SSSR count). The Balaban J connectivity index is 0.000000199. The molecule has 4 aliphatic heterocycles. The standard InChI is InChI=1S/C48H59F2N9O7.C47H57F2N9O6/c1-29-35-9-5-10-36(42(35)48(64)59(29)39-16-17-41(61)55-46(39)63)52-19-6-22-65-23-7-21-57(2)26-30-12-14-34(15-13-30)58-27-37(43(56-58)44(49)50)53-45(62)38-28-66-47(54-38)32-18-20-51-33(25-32)24-31-8-3-4-11-40(31)60;1-29-35-7-4-8-36(41(35)47(62)58(29)38-17-18-40(59)53-44(38)60)51-20-5-23-63-24-6-22-55(2)26-31-12-15-34(16-13-31)57-27-39(42(54-57)43(48)49)56(3)46(61)37-28-64-45(52-37)32-19-21-50-33(25-32)14-11-30-9-10-30/h5,9-10,18,20,25,27-28,30-31,34,39-40,44,52,60H,1,3-4,6-8,11-17,19,21-24,26H2,2H3,(H,53,62)(H,55,61,63);4,7-8,19,21,25,27-28,30-31,34,38,43,51H,1,5-6,9-18,20,22-24,26H2,2-3H3,(H,53,59,60)/t30?,31-,34?,39?,40+;/m1./s1. The number of carbonyl (C=O) groups excluding carboxylic acids is 8. The first-order chi connectivity index (χ1) is 62.9. The first kappa shape index (κ1) is 93.0. The summed E-state index contributed by atoms with van der Waals surface area (Å²) in [5.41, 5.74) is 6.68. The number of alkyl halides is 4. The second kappa shape index (κ2) is 42.9.